The van der Waals surface area contributed by atoms with Crippen LogP contribution in [0.15, 0.2) is 29.2 Å². The molecule has 1 atom stereocenters. The zero-order chi connectivity index (χ0) is 21.4. The van der Waals surface area contributed by atoms with Gasteiger partial charge in [-0.25, -0.2) is 4.98 Å². The third-order valence-electron chi connectivity index (χ3n) is 6.09. The number of carbonyl (C=O) groups excluding carboxylic acids is 1. The molecule has 2 aromatic rings. The van der Waals surface area contributed by atoms with E-state index in [-0.39, 0.29) is 18.5 Å². The van der Waals surface area contributed by atoms with Gasteiger partial charge in [-0.1, -0.05) is 17.6 Å². The lowest BCUT2D eigenvalue weighted by molar-refractivity contribution is -0.117. The molecule has 0 aliphatic carbocycles. The molecule has 2 fully saturated rings. The molecule has 0 spiro atoms. The summed E-state index contributed by atoms with van der Waals surface area (Å²) in [5.41, 5.74) is 2.93. The van der Waals surface area contributed by atoms with Crippen LogP contribution in [0.3, 0.4) is 0 Å². The predicted octanol–water partition coefficient (Wildman–Crippen LogP) is -0.157. The van der Waals surface area contributed by atoms with Gasteiger partial charge in [0.15, 0.2) is 5.82 Å². The highest BCUT2D eigenvalue weighted by atomic mass is 32.2. The summed E-state index contributed by atoms with van der Waals surface area (Å²) in [5.74, 6) is 1.82. The van der Waals surface area contributed by atoms with Crippen molar-refractivity contribution in [2.75, 3.05) is 53.7 Å². The summed E-state index contributed by atoms with van der Waals surface area (Å²) in [6, 6.07) is 8.26. The molecule has 2 saturated heterocycles. The summed E-state index contributed by atoms with van der Waals surface area (Å²) >= 11 is -1.08. The maximum Gasteiger partial charge on any atom is 0.246 e. The largest absolute Gasteiger partial charge is 0.611 e. The van der Waals surface area contributed by atoms with Gasteiger partial charge in [-0.15, -0.1) is 0 Å². The van der Waals surface area contributed by atoms with Crippen molar-refractivity contribution < 1.29 is 14.1 Å². The summed E-state index contributed by atoms with van der Waals surface area (Å²) in [7, 11) is 2.04. The molecule has 4 heterocycles. The minimum atomic E-state index is -1.08. The number of nitrogens with one attached hydrogen (secondary N) is 1. The topological polar surface area (TPSA) is 93.7 Å². The zero-order valence-electron chi connectivity index (χ0n) is 17.7. The van der Waals surface area contributed by atoms with Gasteiger partial charge in [0, 0.05) is 44.5 Å². The number of ether oxygens (including phenoxy) is 1. The third-order valence-corrected chi connectivity index (χ3v) is 7.55. The van der Waals surface area contributed by atoms with E-state index < -0.39 is 11.2 Å². The molecule has 1 N–H and O–H groups in total. The number of aromatic nitrogens is 2. The Kier molecular flexibility index (Phi) is 5.77. The van der Waals surface area contributed by atoms with Gasteiger partial charge in [0.1, 0.15) is 25.8 Å². The Labute approximate surface area is 186 Å². The maximum absolute atomic E-state index is 12.9. The Bertz CT molecular complexity index is 970. The third kappa shape index (κ3) is 4.24. The van der Waals surface area contributed by atoms with E-state index in [9.17, 15) is 9.35 Å². The maximum atomic E-state index is 12.9. The molecule has 0 radical (unpaired) electrons. The SMILES string of the molecule is Bc1ccc(N2CCN(c3nc4c(c(NC5CCOCC5)n3)[S+]([O-])CC4)CC2=O)cc1. The second-order valence-corrected chi connectivity index (χ2v) is 9.79. The number of carbonyl (C=O) groups is 1. The highest BCUT2D eigenvalue weighted by Gasteiger charge is 2.35. The predicted molar refractivity (Wildman–Crippen MR) is 124 cm³/mol. The minimum absolute atomic E-state index is 0.0294. The fourth-order valence-electron chi connectivity index (χ4n) is 4.30. The first-order valence-corrected chi connectivity index (χ1v) is 12.2. The van der Waals surface area contributed by atoms with E-state index in [2.05, 4.69) is 5.32 Å². The van der Waals surface area contributed by atoms with E-state index in [0.29, 0.717) is 37.0 Å². The van der Waals surface area contributed by atoms with Crippen LogP contribution < -0.4 is 20.6 Å². The number of fused-ring (bicyclic) bond motifs is 1. The van der Waals surface area contributed by atoms with Crippen molar-refractivity contribution in [1.29, 1.82) is 0 Å². The van der Waals surface area contributed by atoms with E-state index >= 15 is 0 Å². The van der Waals surface area contributed by atoms with E-state index in [1.165, 1.54) is 5.46 Å². The van der Waals surface area contributed by atoms with E-state index in [4.69, 9.17) is 14.7 Å². The van der Waals surface area contributed by atoms with Gasteiger partial charge in [-0.3, -0.25) is 4.79 Å². The van der Waals surface area contributed by atoms with Gasteiger partial charge < -0.3 is 24.4 Å². The lowest BCUT2D eigenvalue weighted by Crippen LogP contribution is -2.51. The van der Waals surface area contributed by atoms with Crippen LogP contribution in [0.2, 0.25) is 0 Å². The average molecular weight is 439 g/mol. The lowest BCUT2D eigenvalue weighted by atomic mass is 9.96. The quantitative estimate of drug-likeness (QED) is 0.523. The molecule has 1 unspecified atom stereocenters. The number of hydrogen-bond acceptors (Lipinski definition) is 7. The molecule has 3 aliphatic heterocycles. The number of rotatable bonds is 4. The van der Waals surface area contributed by atoms with Gasteiger partial charge in [0.05, 0.1) is 0 Å². The van der Waals surface area contributed by atoms with Gasteiger partial charge in [0.25, 0.3) is 0 Å². The van der Waals surface area contributed by atoms with E-state index in [1.54, 1.807) is 0 Å². The second-order valence-electron chi connectivity index (χ2n) is 8.28. The molecule has 3 aliphatic rings. The van der Waals surface area contributed by atoms with Crippen LogP contribution >= 0.6 is 0 Å². The number of benzene rings is 1. The van der Waals surface area contributed by atoms with Gasteiger partial charge in [-0.2, -0.15) is 4.98 Å². The van der Waals surface area contributed by atoms with Crippen LogP contribution in [0.5, 0.6) is 0 Å². The minimum Gasteiger partial charge on any atom is -0.611 e. The van der Waals surface area contributed by atoms with Crippen molar-refractivity contribution in [3.8, 4) is 0 Å². The second kappa shape index (κ2) is 8.68. The highest BCUT2D eigenvalue weighted by Crippen LogP contribution is 2.33. The summed E-state index contributed by atoms with van der Waals surface area (Å²) < 4.78 is 18.0. The van der Waals surface area contributed by atoms with Crippen molar-refractivity contribution >= 4 is 47.8 Å². The van der Waals surface area contributed by atoms with Crippen molar-refractivity contribution in [3.63, 3.8) is 0 Å². The Morgan fingerprint density at radius 1 is 1.16 bits per heavy atom. The van der Waals surface area contributed by atoms with Crippen LogP contribution in [-0.2, 0) is 27.1 Å². The zero-order valence-corrected chi connectivity index (χ0v) is 18.5. The van der Waals surface area contributed by atoms with Crippen molar-refractivity contribution in [1.82, 2.24) is 9.97 Å². The fraction of sp³-hybridized carbons (Fsp3) is 0.476. The number of nitrogens with zero attached hydrogens (tertiary/aromatic N) is 4. The molecule has 1 aromatic carbocycles. The van der Waals surface area contributed by atoms with Crippen LogP contribution in [0.4, 0.5) is 17.5 Å². The van der Waals surface area contributed by atoms with Gasteiger partial charge in [0.2, 0.25) is 16.8 Å². The molecule has 10 heteroatoms. The van der Waals surface area contributed by atoms with Gasteiger partial charge >= 0.3 is 0 Å². The summed E-state index contributed by atoms with van der Waals surface area (Å²) in [6.07, 6.45) is 2.47. The van der Waals surface area contributed by atoms with Crippen molar-refractivity contribution in [3.05, 3.63) is 30.0 Å². The molecule has 162 valence electrons. The molecule has 1 aromatic heterocycles. The van der Waals surface area contributed by atoms with Crippen LogP contribution in [0, 0.1) is 0 Å². The Morgan fingerprint density at radius 2 is 1.94 bits per heavy atom. The first-order valence-electron chi connectivity index (χ1n) is 10.8. The van der Waals surface area contributed by atoms with Crippen LogP contribution in [0.1, 0.15) is 18.5 Å². The Morgan fingerprint density at radius 3 is 2.68 bits per heavy atom. The first-order chi connectivity index (χ1) is 15.1. The molecule has 31 heavy (non-hydrogen) atoms. The molecule has 0 saturated carbocycles. The number of anilines is 3. The fourth-order valence-corrected chi connectivity index (χ4v) is 5.61. The monoisotopic (exact) mass is 439 g/mol. The van der Waals surface area contributed by atoms with Crippen LogP contribution in [0.25, 0.3) is 0 Å². The van der Waals surface area contributed by atoms with Crippen molar-refractivity contribution in [2.45, 2.75) is 30.2 Å². The summed E-state index contributed by atoms with van der Waals surface area (Å²) in [5, 5.41) is 3.50. The molecule has 5 rings (SSSR count). The Balaban J connectivity index is 1.37. The molecule has 8 nitrogen and oxygen atoms in total. The molecular formula is C21H26BN5O3S. The first kappa shape index (κ1) is 20.6. The number of hydrogen-bond donors (Lipinski definition) is 1. The normalized spacial score (nSPS) is 22.0. The highest BCUT2D eigenvalue weighted by molar-refractivity contribution is 7.91. The summed E-state index contributed by atoms with van der Waals surface area (Å²) in [6.45, 7) is 2.90. The number of amides is 1. The van der Waals surface area contributed by atoms with E-state index in [1.807, 2.05) is 41.9 Å². The number of piperazine rings is 1. The lowest BCUT2D eigenvalue weighted by Gasteiger charge is -2.34. The van der Waals surface area contributed by atoms with E-state index in [0.717, 1.165) is 42.3 Å². The Hall–Kier alpha value is -2.30. The molecule has 1 amide bonds. The average Bonchev–Trinajstić information content (AvgIpc) is 3.16. The summed E-state index contributed by atoms with van der Waals surface area (Å²) in [4.78, 5) is 26.9. The van der Waals surface area contributed by atoms with Crippen molar-refractivity contribution in [2.24, 2.45) is 0 Å². The molecule has 0 bridgehead atoms. The number of aryl methyl sites for hydroxylation is 1. The van der Waals surface area contributed by atoms with Crippen LogP contribution in [-0.4, -0.2) is 72.9 Å². The van der Waals surface area contributed by atoms with Gasteiger partial charge in [-0.05, 0) is 36.2 Å². The molecular weight excluding hydrogens is 413 g/mol. The standard InChI is InChI=1S/C21H26BN5O3S/c22-14-1-3-16(4-2-14)27-9-8-26(13-18(27)28)21-24-17-7-12-31(29)19(17)20(25-21)23-15-5-10-30-11-6-15/h1-4,15H,5-13,22H2,(H,23,24,25). The smallest absolute Gasteiger partial charge is 0.246 e.